The van der Waals surface area contributed by atoms with E-state index in [0.29, 0.717) is 32.0 Å². The summed E-state index contributed by atoms with van der Waals surface area (Å²) in [5.41, 5.74) is 5.13. The van der Waals surface area contributed by atoms with E-state index in [0.717, 1.165) is 38.8 Å². The molecule has 1 amide bonds. The van der Waals surface area contributed by atoms with Crippen molar-refractivity contribution in [1.29, 1.82) is 0 Å². The maximum atomic E-state index is 13.0. The van der Waals surface area contributed by atoms with Gasteiger partial charge < -0.3 is 15.8 Å². The predicted molar refractivity (Wildman–Crippen MR) is 85.7 cm³/mol. The average Bonchev–Trinajstić information content (AvgIpc) is 3.01. The van der Waals surface area contributed by atoms with Gasteiger partial charge in [-0.1, -0.05) is 19.3 Å². The van der Waals surface area contributed by atoms with Crippen LogP contribution in [0.4, 0.5) is 5.95 Å². The smallest absolute Gasteiger partial charge is 0.240 e. The molecule has 1 aliphatic heterocycles. The average molecular weight is 322 g/mol. The van der Waals surface area contributed by atoms with E-state index in [-0.39, 0.29) is 17.4 Å². The van der Waals surface area contributed by atoms with Crippen LogP contribution < -0.4 is 11.1 Å². The number of nitrogens with two attached hydrogens (primary N) is 1. The van der Waals surface area contributed by atoms with E-state index in [1.54, 1.807) is 0 Å². The molecule has 128 valence electrons. The van der Waals surface area contributed by atoms with Crippen LogP contribution in [0.5, 0.6) is 0 Å². The summed E-state index contributed by atoms with van der Waals surface area (Å²) in [6.07, 6.45) is 5.93. The van der Waals surface area contributed by atoms with Crippen molar-refractivity contribution in [2.45, 2.75) is 44.1 Å². The van der Waals surface area contributed by atoms with E-state index in [1.807, 2.05) is 0 Å². The van der Waals surface area contributed by atoms with E-state index < -0.39 is 0 Å². The highest BCUT2D eigenvalue weighted by molar-refractivity contribution is 5.86. The van der Waals surface area contributed by atoms with Crippen LogP contribution in [0, 0.1) is 0 Å². The molecule has 0 radical (unpaired) electrons. The Kier molecular flexibility index (Phi) is 5.12. The van der Waals surface area contributed by atoms with E-state index in [1.165, 1.54) is 6.42 Å². The first-order valence-corrected chi connectivity index (χ1v) is 8.48. The minimum Gasteiger partial charge on any atom is -0.379 e. The zero-order valence-electron chi connectivity index (χ0n) is 13.5. The number of aromatic nitrogens is 3. The molecule has 0 spiro atoms. The van der Waals surface area contributed by atoms with Crippen LogP contribution in [-0.4, -0.2) is 64.4 Å². The van der Waals surface area contributed by atoms with E-state index in [9.17, 15) is 4.79 Å². The monoisotopic (exact) mass is 322 g/mol. The highest BCUT2D eigenvalue weighted by Gasteiger charge is 2.44. The first kappa shape index (κ1) is 16.2. The van der Waals surface area contributed by atoms with E-state index in [4.69, 9.17) is 10.5 Å². The van der Waals surface area contributed by atoms with Gasteiger partial charge in [-0.25, -0.2) is 0 Å². The number of carbonyl (C=O) groups is 1. The van der Waals surface area contributed by atoms with Crippen molar-refractivity contribution in [1.82, 2.24) is 25.4 Å². The predicted octanol–water partition coefficient (Wildman–Crippen LogP) is 0.0807. The lowest BCUT2D eigenvalue weighted by molar-refractivity contribution is -0.140. The van der Waals surface area contributed by atoms with Crippen LogP contribution in [0.15, 0.2) is 0 Å². The Bertz CT molecular complexity index is 520. The second-order valence-corrected chi connectivity index (χ2v) is 6.34. The van der Waals surface area contributed by atoms with Crippen LogP contribution in [0.3, 0.4) is 0 Å². The number of H-pyrrole nitrogens is 1. The van der Waals surface area contributed by atoms with Crippen molar-refractivity contribution in [3.63, 3.8) is 0 Å². The third kappa shape index (κ3) is 3.64. The third-order valence-electron chi connectivity index (χ3n) is 4.92. The minimum atomic E-state index is -0.359. The molecule has 0 bridgehead atoms. The van der Waals surface area contributed by atoms with Crippen molar-refractivity contribution < 1.29 is 9.53 Å². The van der Waals surface area contributed by atoms with Gasteiger partial charge in [0.15, 0.2) is 0 Å². The highest BCUT2D eigenvalue weighted by Crippen LogP contribution is 2.34. The maximum Gasteiger partial charge on any atom is 0.240 e. The fraction of sp³-hybridized carbons (Fsp3) is 0.800. The lowest BCUT2D eigenvalue weighted by atomic mass is 9.79. The zero-order valence-corrected chi connectivity index (χ0v) is 13.5. The molecule has 2 heterocycles. The number of ether oxygens (including phenoxy) is 1. The molecular weight excluding hydrogens is 296 g/mol. The summed E-state index contributed by atoms with van der Waals surface area (Å²) in [5.74, 6) is 1.09. The zero-order chi connectivity index (χ0) is 16.1. The highest BCUT2D eigenvalue weighted by atomic mass is 16.5. The quantitative estimate of drug-likeness (QED) is 0.708. The standard InChI is InChI=1S/C15H26N6O2/c16-14-18-12(19-20-14)4-7-17-13(22)15(5-2-1-3-6-15)21-8-10-23-11-9-21/h1-11H2,(H,17,22)(H3,16,18,19,20). The molecule has 2 fully saturated rings. The molecular formula is C15H26N6O2. The molecule has 8 heteroatoms. The number of hydrogen-bond acceptors (Lipinski definition) is 6. The molecule has 1 saturated carbocycles. The van der Waals surface area contributed by atoms with Gasteiger partial charge in [0, 0.05) is 26.1 Å². The molecule has 3 rings (SSSR count). The number of nitrogen functional groups attached to an aromatic ring is 1. The van der Waals surface area contributed by atoms with Gasteiger partial charge in [-0.05, 0) is 12.8 Å². The molecule has 0 atom stereocenters. The van der Waals surface area contributed by atoms with Crippen LogP contribution in [0.2, 0.25) is 0 Å². The topological polar surface area (TPSA) is 109 Å². The summed E-state index contributed by atoms with van der Waals surface area (Å²) in [5, 5.41) is 9.66. The maximum absolute atomic E-state index is 13.0. The van der Waals surface area contributed by atoms with Gasteiger partial charge in [0.2, 0.25) is 11.9 Å². The molecule has 1 aromatic rings. The number of rotatable bonds is 5. The summed E-state index contributed by atoms with van der Waals surface area (Å²) in [7, 11) is 0. The fourth-order valence-electron chi connectivity index (χ4n) is 3.70. The van der Waals surface area contributed by atoms with Crippen molar-refractivity contribution in [3.8, 4) is 0 Å². The van der Waals surface area contributed by atoms with Gasteiger partial charge >= 0.3 is 0 Å². The lowest BCUT2D eigenvalue weighted by Crippen LogP contribution is -2.62. The van der Waals surface area contributed by atoms with Crippen LogP contribution in [0.1, 0.15) is 37.9 Å². The van der Waals surface area contributed by atoms with Crippen molar-refractivity contribution in [2.75, 3.05) is 38.6 Å². The Morgan fingerprint density at radius 3 is 2.70 bits per heavy atom. The normalized spacial score (nSPS) is 21.9. The van der Waals surface area contributed by atoms with Crippen LogP contribution in [-0.2, 0) is 16.0 Å². The Balaban J connectivity index is 1.60. The largest absolute Gasteiger partial charge is 0.379 e. The number of morpholine rings is 1. The molecule has 4 N–H and O–H groups in total. The lowest BCUT2D eigenvalue weighted by Gasteiger charge is -2.46. The van der Waals surface area contributed by atoms with Gasteiger partial charge in [0.05, 0.1) is 13.2 Å². The molecule has 2 aliphatic rings. The second kappa shape index (κ2) is 7.27. The van der Waals surface area contributed by atoms with Gasteiger partial charge in [-0.2, -0.15) is 4.98 Å². The SMILES string of the molecule is Nc1n[nH]c(CCNC(=O)C2(N3CCOCC3)CCCCC2)n1. The van der Waals surface area contributed by atoms with E-state index >= 15 is 0 Å². The molecule has 1 aliphatic carbocycles. The molecule has 8 nitrogen and oxygen atoms in total. The number of hydrogen-bond donors (Lipinski definition) is 3. The minimum absolute atomic E-state index is 0.145. The van der Waals surface area contributed by atoms with Gasteiger partial charge in [-0.3, -0.25) is 14.8 Å². The number of amides is 1. The second-order valence-electron chi connectivity index (χ2n) is 6.34. The number of nitrogens with zero attached hydrogens (tertiary/aromatic N) is 3. The Hall–Kier alpha value is -1.67. The molecule has 0 unspecified atom stereocenters. The fourth-order valence-corrected chi connectivity index (χ4v) is 3.70. The van der Waals surface area contributed by atoms with Crippen LogP contribution >= 0.6 is 0 Å². The molecule has 1 saturated heterocycles. The number of aromatic amines is 1. The summed E-state index contributed by atoms with van der Waals surface area (Å²) >= 11 is 0. The number of anilines is 1. The summed E-state index contributed by atoms with van der Waals surface area (Å²) in [6, 6.07) is 0. The Labute approximate surface area is 136 Å². The summed E-state index contributed by atoms with van der Waals surface area (Å²) < 4.78 is 5.45. The first-order chi connectivity index (χ1) is 11.2. The molecule has 1 aromatic heterocycles. The van der Waals surface area contributed by atoms with Crippen LogP contribution in [0.25, 0.3) is 0 Å². The third-order valence-corrected chi connectivity index (χ3v) is 4.92. The van der Waals surface area contributed by atoms with Crippen molar-refractivity contribution >= 4 is 11.9 Å². The summed E-state index contributed by atoms with van der Waals surface area (Å²) in [4.78, 5) is 19.3. The van der Waals surface area contributed by atoms with Crippen molar-refractivity contribution in [3.05, 3.63) is 5.82 Å². The van der Waals surface area contributed by atoms with Gasteiger partial charge in [0.1, 0.15) is 11.4 Å². The van der Waals surface area contributed by atoms with Gasteiger partial charge in [0.25, 0.3) is 0 Å². The Morgan fingerprint density at radius 1 is 1.30 bits per heavy atom. The first-order valence-electron chi connectivity index (χ1n) is 8.48. The number of nitrogens with one attached hydrogen (secondary N) is 2. The molecule has 23 heavy (non-hydrogen) atoms. The Morgan fingerprint density at radius 2 is 2.04 bits per heavy atom. The van der Waals surface area contributed by atoms with Crippen molar-refractivity contribution in [2.24, 2.45) is 0 Å². The summed E-state index contributed by atoms with van der Waals surface area (Å²) in [6.45, 7) is 3.65. The van der Waals surface area contributed by atoms with E-state index in [2.05, 4.69) is 25.4 Å². The van der Waals surface area contributed by atoms with Gasteiger partial charge in [-0.15, -0.1) is 5.10 Å². The number of carbonyl (C=O) groups excluding carboxylic acids is 1. The molecule has 0 aromatic carbocycles.